The molecule has 2 aromatic carbocycles. The van der Waals surface area contributed by atoms with Crippen molar-refractivity contribution in [1.29, 1.82) is 0 Å². The Hall–Kier alpha value is -2.55. The van der Waals surface area contributed by atoms with E-state index < -0.39 is 11.4 Å². The van der Waals surface area contributed by atoms with Gasteiger partial charge in [-0.2, -0.15) is 0 Å². The summed E-state index contributed by atoms with van der Waals surface area (Å²) in [4.78, 5) is 12.0. The van der Waals surface area contributed by atoms with Crippen molar-refractivity contribution in [2.24, 2.45) is 5.92 Å². The Morgan fingerprint density at radius 1 is 0.900 bits per heavy atom. The number of carboxylic acids is 1. The molecule has 0 fully saturated rings. The van der Waals surface area contributed by atoms with E-state index in [1.54, 1.807) is 19.9 Å². The SMILES string of the molecule is CC1C=C(O)c2cc(-c3ccc4c(c3)C(C)(C)CCC4(C)C)ccc2C1(C)C(=O)[O-]. The Labute approximate surface area is 179 Å². The van der Waals surface area contributed by atoms with Crippen LogP contribution in [0.2, 0.25) is 0 Å². The molecule has 0 spiro atoms. The summed E-state index contributed by atoms with van der Waals surface area (Å²) < 4.78 is 0. The fraction of sp³-hybridized carbons (Fsp3) is 0.444. The van der Waals surface area contributed by atoms with Crippen molar-refractivity contribution in [3.63, 3.8) is 0 Å². The highest BCUT2D eigenvalue weighted by Crippen LogP contribution is 2.47. The molecule has 0 radical (unpaired) electrons. The zero-order chi connectivity index (χ0) is 22.1. The van der Waals surface area contributed by atoms with Crippen molar-refractivity contribution >= 4 is 11.7 Å². The maximum absolute atomic E-state index is 12.0. The number of carboxylic acid groups (broad SMARTS) is 1. The molecule has 1 N–H and O–H groups in total. The molecule has 3 nitrogen and oxygen atoms in total. The first-order chi connectivity index (χ1) is 13.9. The monoisotopic (exact) mass is 403 g/mol. The van der Waals surface area contributed by atoms with Crippen LogP contribution in [-0.2, 0) is 21.0 Å². The van der Waals surface area contributed by atoms with Gasteiger partial charge >= 0.3 is 0 Å². The van der Waals surface area contributed by atoms with Crippen LogP contribution in [-0.4, -0.2) is 11.1 Å². The molecule has 3 heteroatoms. The number of aliphatic carboxylic acids is 1. The molecule has 158 valence electrons. The topological polar surface area (TPSA) is 60.4 Å². The van der Waals surface area contributed by atoms with Crippen molar-refractivity contribution < 1.29 is 15.0 Å². The lowest BCUT2D eigenvalue weighted by Crippen LogP contribution is -2.49. The van der Waals surface area contributed by atoms with E-state index in [4.69, 9.17) is 0 Å². The summed E-state index contributed by atoms with van der Waals surface area (Å²) in [7, 11) is 0. The van der Waals surface area contributed by atoms with E-state index in [0.717, 1.165) is 17.5 Å². The highest BCUT2D eigenvalue weighted by Gasteiger charge is 2.40. The minimum Gasteiger partial charge on any atom is -0.549 e. The van der Waals surface area contributed by atoms with Crippen LogP contribution in [0.15, 0.2) is 42.5 Å². The number of carbonyl (C=O) groups excluding carboxylic acids is 1. The van der Waals surface area contributed by atoms with Gasteiger partial charge < -0.3 is 15.0 Å². The lowest BCUT2D eigenvalue weighted by Gasteiger charge is -2.42. The molecule has 2 atom stereocenters. The Balaban J connectivity index is 1.86. The van der Waals surface area contributed by atoms with Crippen LogP contribution in [0.25, 0.3) is 16.9 Å². The first kappa shape index (κ1) is 20.7. The van der Waals surface area contributed by atoms with Crippen molar-refractivity contribution in [1.82, 2.24) is 0 Å². The predicted molar refractivity (Wildman–Crippen MR) is 119 cm³/mol. The predicted octanol–water partition coefficient (Wildman–Crippen LogP) is 5.26. The second-order valence-electron chi connectivity index (χ2n) is 10.6. The standard InChI is InChI=1S/C27H32O3/c1-16-13-23(28)19-14-17(7-9-20(19)27(16,6)24(29)30)18-8-10-21-22(15-18)26(4,5)12-11-25(21,2)3/h7-10,13-16,28H,11-12H2,1-6H3,(H,29,30)/p-1. The fourth-order valence-corrected chi connectivity index (χ4v) is 5.19. The van der Waals surface area contributed by atoms with Gasteiger partial charge in [0.1, 0.15) is 5.76 Å². The van der Waals surface area contributed by atoms with E-state index in [-0.39, 0.29) is 22.5 Å². The van der Waals surface area contributed by atoms with Crippen molar-refractivity contribution in [3.8, 4) is 11.1 Å². The average Bonchev–Trinajstić information content (AvgIpc) is 2.69. The molecular weight excluding hydrogens is 372 g/mol. The molecular formula is C27H31O3-. The van der Waals surface area contributed by atoms with Crippen molar-refractivity contribution in [3.05, 3.63) is 64.7 Å². The lowest BCUT2D eigenvalue weighted by molar-refractivity contribution is -0.314. The Morgan fingerprint density at radius 2 is 1.43 bits per heavy atom. The summed E-state index contributed by atoms with van der Waals surface area (Å²) in [5.74, 6) is -1.34. The zero-order valence-corrected chi connectivity index (χ0v) is 18.8. The molecule has 30 heavy (non-hydrogen) atoms. The fourth-order valence-electron chi connectivity index (χ4n) is 5.19. The summed E-state index contributed by atoms with van der Waals surface area (Å²) in [5.41, 5.74) is 5.14. The molecule has 4 rings (SSSR count). The van der Waals surface area contributed by atoms with Gasteiger partial charge in [0.15, 0.2) is 0 Å². The molecule has 0 bridgehead atoms. The summed E-state index contributed by atoms with van der Waals surface area (Å²) in [6.07, 6.45) is 3.94. The van der Waals surface area contributed by atoms with Crippen LogP contribution in [0.1, 0.15) is 76.6 Å². The zero-order valence-electron chi connectivity index (χ0n) is 18.8. The summed E-state index contributed by atoms with van der Waals surface area (Å²) >= 11 is 0. The summed E-state index contributed by atoms with van der Waals surface area (Å²) in [6, 6.07) is 12.4. The van der Waals surface area contributed by atoms with Gasteiger partial charge in [-0.05, 0) is 76.5 Å². The molecule has 0 saturated heterocycles. The van der Waals surface area contributed by atoms with Gasteiger partial charge in [-0.3, -0.25) is 0 Å². The molecule has 0 aromatic heterocycles. The van der Waals surface area contributed by atoms with E-state index in [2.05, 4.69) is 45.9 Å². The third-order valence-corrected chi connectivity index (χ3v) is 7.78. The van der Waals surface area contributed by atoms with Crippen LogP contribution in [0.5, 0.6) is 0 Å². The van der Waals surface area contributed by atoms with Gasteiger partial charge in [-0.15, -0.1) is 0 Å². The largest absolute Gasteiger partial charge is 0.549 e. The third kappa shape index (κ3) is 2.90. The Morgan fingerprint density at radius 3 is 2.03 bits per heavy atom. The highest BCUT2D eigenvalue weighted by atomic mass is 16.4. The lowest BCUT2D eigenvalue weighted by atomic mass is 9.63. The van der Waals surface area contributed by atoms with E-state index >= 15 is 0 Å². The molecule has 0 saturated carbocycles. The van der Waals surface area contributed by atoms with Gasteiger partial charge in [0.2, 0.25) is 0 Å². The van der Waals surface area contributed by atoms with Crippen molar-refractivity contribution in [2.75, 3.05) is 0 Å². The molecule has 2 unspecified atom stereocenters. The number of aliphatic hydroxyl groups is 1. The first-order valence-electron chi connectivity index (χ1n) is 10.8. The number of aliphatic hydroxyl groups excluding tert-OH is 1. The van der Waals surface area contributed by atoms with Crippen LogP contribution >= 0.6 is 0 Å². The van der Waals surface area contributed by atoms with E-state index in [0.29, 0.717) is 11.1 Å². The Bertz CT molecular complexity index is 1070. The van der Waals surface area contributed by atoms with Crippen LogP contribution < -0.4 is 5.11 Å². The number of carbonyl (C=O) groups is 1. The minimum absolute atomic E-state index is 0.111. The maximum atomic E-state index is 12.0. The molecule has 0 aliphatic heterocycles. The molecule has 2 aliphatic rings. The number of hydrogen-bond acceptors (Lipinski definition) is 3. The molecule has 2 aliphatic carbocycles. The number of allylic oxidation sites excluding steroid dienone is 1. The highest BCUT2D eigenvalue weighted by molar-refractivity contribution is 5.86. The van der Waals surface area contributed by atoms with Gasteiger partial charge in [0.05, 0.1) is 5.97 Å². The number of rotatable bonds is 2. The van der Waals surface area contributed by atoms with E-state index in [9.17, 15) is 15.0 Å². The van der Waals surface area contributed by atoms with Gasteiger partial charge in [-0.1, -0.05) is 65.0 Å². The second-order valence-corrected chi connectivity index (χ2v) is 10.6. The Kier molecular flexibility index (Phi) is 4.47. The van der Waals surface area contributed by atoms with Gasteiger partial charge in [-0.25, -0.2) is 0 Å². The van der Waals surface area contributed by atoms with Gasteiger partial charge in [0, 0.05) is 11.0 Å². The quantitative estimate of drug-likeness (QED) is 0.744. The molecule has 0 amide bonds. The van der Waals surface area contributed by atoms with Crippen molar-refractivity contribution in [2.45, 2.75) is 70.6 Å². The third-order valence-electron chi connectivity index (χ3n) is 7.78. The van der Waals surface area contributed by atoms with Gasteiger partial charge in [0.25, 0.3) is 0 Å². The summed E-state index contributed by atoms with van der Waals surface area (Å²) in [6.45, 7) is 12.7. The molecule has 2 aromatic rings. The number of fused-ring (bicyclic) bond motifs is 2. The van der Waals surface area contributed by atoms with Crippen LogP contribution in [0.4, 0.5) is 0 Å². The smallest absolute Gasteiger partial charge is 0.119 e. The second kappa shape index (κ2) is 6.47. The summed E-state index contributed by atoms with van der Waals surface area (Å²) in [5, 5.41) is 22.6. The van der Waals surface area contributed by atoms with E-state index in [1.807, 2.05) is 18.2 Å². The van der Waals surface area contributed by atoms with E-state index in [1.165, 1.54) is 17.5 Å². The van der Waals surface area contributed by atoms with Crippen LogP contribution in [0.3, 0.4) is 0 Å². The number of hydrogen-bond donors (Lipinski definition) is 1. The first-order valence-corrected chi connectivity index (χ1v) is 10.8. The minimum atomic E-state index is -1.16. The maximum Gasteiger partial charge on any atom is 0.119 e. The van der Waals surface area contributed by atoms with Crippen LogP contribution in [0, 0.1) is 5.92 Å². The average molecular weight is 404 g/mol. The molecule has 0 heterocycles. The number of benzene rings is 2. The normalized spacial score (nSPS) is 26.3.